The maximum atomic E-state index is 11.2. The van der Waals surface area contributed by atoms with Crippen LogP contribution in [0.1, 0.15) is 12.0 Å². The van der Waals surface area contributed by atoms with Crippen molar-refractivity contribution in [3.8, 4) is 28.8 Å². The third kappa shape index (κ3) is 4.64. The number of rotatable bonds is 8. The molecule has 0 aliphatic carbocycles. The standard InChI is InChI=1S/C18H18N4O5/c1-26-14-4-3-11(8-15(14)27-2)17-13(7-12(9-19)18(24)25)10-22(21-17)6-5-16(20)23/h3-4,7-8,10H,5-6H2,1-2H3,(H2,20,23)(H,24,25)/b12-7-. The van der Waals surface area contributed by atoms with E-state index in [0.29, 0.717) is 28.3 Å². The first-order chi connectivity index (χ1) is 12.9. The molecule has 9 nitrogen and oxygen atoms in total. The summed E-state index contributed by atoms with van der Waals surface area (Å²) in [5.41, 5.74) is 6.18. The summed E-state index contributed by atoms with van der Waals surface area (Å²) in [6, 6.07) is 6.73. The number of methoxy groups -OCH3 is 2. The van der Waals surface area contributed by atoms with Gasteiger partial charge in [-0.1, -0.05) is 0 Å². The van der Waals surface area contributed by atoms with Crippen molar-refractivity contribution < 1.29 is 24.2 Å². The summed E-state index contributed by atoms with van der Waals surface area (Å²) in [6.45, 7) is 0.221. The Morgan fingerprint density at radius 3 is 2.59 bits per heavy atom. The van der Waals surface area contributed by atoms with Gasteiger partial charge in [0.25, 0.3) is 0 Å². The lowest BCUT2D eigenvalue weighted by Gasteiger charge is -2.09. The van der Waals surface area contributed by atoms with E-state index >= 15 is 0 Å². The van der Waals surface area contributed by atoms with Crippen molar-refractivity contribution in [1.82, 2.24) is 9.78 Å². The van der Waals surface area contributed by atoms with Gasteiger partial charge in [0, 0.05) is 30.3 Å². The van der Waals surface area contributed by atoms with Gasteiger partial charge in [0.1, 0.15) is 11.6 Å². The second-order valence-corrected chi connectivity index (χ2v) is 5.46. The molecule has 0 atom stereocenters. The first-order valence-electron chi connectivity index (χ1n) is 7.82. The Labute approximate surface area is 155 Å². The molecule has 140 valence electrons. The van der Waals surface area contributed by atoms with Crippen LogP contribution in [0.4, 0.5) is 0 Å². The van der Waals surface area contributed by atoms with Crippen molar-refractivity contribution in [2.24, 2.45) is 5.73 Å². The predicted octanol–water partition coefficient (Wildman–Crippen LogP) is 1.43. The normalized spacial score (nSPS) is 10.9. The van der Waals surface area contributed by atoms with Crippen LogP contribution in [-0.2, 0) is 16.1 Å². The van der Waals surface area contributed by atoms with Crippen molar-refractivity contribution in [3.05, 3.63) is 35.5 Å². The van der Waals surface area contributed by atoms with Crippen molar-refractivity contribution >= 4 is 18.0 Å². The smallest absolute Gasteiger partial charge is 0.346 e. The average Bonchev–Trinajstić information content (AvgIpc) is 3.06. The average molecular weight is 370 g/mol. The zero-order chi connectivity index (χ0) is 20.0. The second-order valence-electron chi connectivity index (χ2n) is 5.46. The second kappa shape index (κ2) is 8.53. The fourth-order valence-electron chi connectivity index (χ4n) is 2.39. The molecule has 0 spiro atoms. The lowest BCUT2D eigenvalue weighted by atomic mass is 10.1. The summed E-state index contributed by atoms with van der Waals surface area (Å²) in [7, 11) is 3.00. The molecule has 1 aromatic carbocycles. The summed E-state index contributed by atoms with van der Waals surface area (Å²) in [6.07, 6.45) is 2.84. The highest BCUT2D eigenvalue weighted by atomic mass is 16.5. The number of hydrogen-bond acceptors (Lipinski definition) is 6. The maximum Gasteiger partial charge on any atom is 0.346 e. The summed E-state index contributed by atoms with van der Waals surface area (Å²) in [5.74, 6) is -0.843. The number of carboxylic acid groups (broad SMARTS) is 1. The molecule has 0 aliphatic rings. The quantitative estimate of drug-likeness (QED) is 0.529. The zero-order valence-electron chi connectivity index (χ0n) is 14.8. The third-order valence-electron chi connectivity index (χ3n) is 3.68. The Morgan fingerprint density at radius 2 is 2.04 bits per heavy atom. The number of nitriles is 1. The van der Waals surface area contributed by atoms with E-state index in [4.69, 9.17) is 25.6 Å². The highest BCUT2D eigenvalue weighted by Gasteiger charge is 2.16. The first kappa shape index (κ1) is 19.5. The highest BCUT2D eigenvalue weighted by Crippen LogP contribution is 2.33. The minimum absolute atomic E-state index is 0.0697. The zero-order valence-corrected chi connectivity index (χ0v) is 14.8. The Hall–Kier alpha value is -3.80. The van der Waals surface area contributed by atoms with Gasteiger partial charge in [-0.05, 0) is 24.3 Å². The summed E-state index contributed by atoms with van der Waals surface area (Å²) in [5, 5.41) is 22.5. The number of amides is 1. The van der Waals surface area contributed by atoms with E-state index < -0.39 is 17.4 Å². The molecule has 0 saturated heterocycles. The fraction of sp³-hybridized carbons (Fsp3) is 0.222. The number of primary amides is 1. The van der Waals surface area contributed by atoms with Crippen molar-refractivity contribution in [3.63, 3.8) is 0 Å². The van der Waals surface area contributed by atoms with E-state index in [0.717, 1.165) is 0 Å². The molecule has 0 aliphatic heterocycles. The molecule has 2 rings (SSSR count). The molecule has 1 amide bonds. The topological polar surface area (TPSA) is 140 Å². The van der Waals surface area contributed by atoms with Crippen LogP contribution in [0.5, 0.6) is 11.5 Å². The Morgan fingerprint density at radius 1 is 1.33 bits per heavy atom. The van der Waals surface area contributed by atoms with Crippen LogP contribution in [-0.4, -0.2) is 41.0 Å². The molecule has 0 saturated carbocycles. The number of ether oxygens (including phenoxy) is 2. The molecular weight excluding hydrogens is 352 g/mol. The largest absolute Gasteiger partial charge is 0.493 e. The van der Waals surface area contributed by atoms with Gasteiger partial charge >= 0.3 is 5.97 Å². The van der Waals surface area contributed by atoms with Gasteiger partial charge in [-0.3, -0.25) is 9.48 Å². The van der Waals surface area contributed by atoms with Gasteiger partial charge in [0.05, 0.1) is 19.9 Å². The minimum Gasteiger partial charge on any atom is -0.493 e. The molecular formula is C18H18N4O5. The molecule has 1 heterocycles. The van der Waals surface area contributed by atoms with E-state index in [9.17, 15) is 9.59 Å². The van der Waals surface area contributed by atoms with Crippen molar-refractivity contribution in [2.75, 3.05) is 14.2 Å². The number of nitrogens with two attached hydrogens (primary N) is 1. The number of aryl methyl sites for hydroxylation is 1. The first-order valence-corrected chi connectivity index (χ1v) is 7.82. The van der Waals surface area contributed by atoms with Gasteiger partial charge in [0.15, 0.2) is 11.5 Å². The van der Waals surface area contributed by atoms with Crippen molar-refractivity contribution in [2.45, 2.75) is 13.0 Å². The molecule has 0 unspecified atom stereocenters. The summed E-state index contributed by atoms with van der Waals surface area (Å²) in [4.78, 5) is 22.2. The SMILES string of the molecule is COc1ccc(-c2nn(CCC(N)=O)cc2/C=C(/C#N)C(=O)O)cc1OC. The van der Waals surface area contributed by atoms with Gasteiger partial charge in [-0.25, -0.2) is 4.79 Å². The third-order valence-corrected chi connectivity index (χ3v) is 3.68. The number of carbonyl (C=O) groups excluding carboxylic acids is 1. The van der Waals surface area contributed by atoms with Crippen LogP contribution < -0.4 is 15.2 Å². The molecule has 0 fully saturated rings. The molecule has 2 aromatic rings. The van der Waals surface area contributed by atoms with Crippen LogP contribution >= 0.6 is 0 Å². The summed E-state index contributed by atoms with van der Waals surface area (Å²) < 4.78 is 12.0. The predicted molar refractivity (Wildman–Crippen MR) is 95.8 cm³/mol. The van der Waals surface area contributed by atoms with Crippen LogP contribution in [0.3, 0.4) is 0 Å². The summed E-state index contributed by atoms with van der Waals surface area (Å²) >= 11 is 0. The lowest BCUT2D eigenvalue weighted by molar-refractivity contribution is -0.132. The Balaban J connectivity index is 2.57. The molecule has 9 heteroatoms. The molecule has 0 bridgehead atoms. The number of aromatic nitrogens is 2. The highest BCUT2D eigenvalue weighted by molar-refractivity contribution is 5.97. The number of benzene rings is 1. The molecule has 27 heavy (non-hydrogen) atoms. The fourth-order valence-corrected chi connectivity index (χ4v) is 2.39. The number of nitrogens with zero attached hydrogens (tertiary/aromatic N) is 3. The van der Waals surface area contributed by atoms with Crippen LogP contribution in [0, 0.1) is 11.3 Å². The number of hydrogen-bond donors (Lipinski definition) is 2. The minimum atomic E-state index is -1.35. The van der Waals surface area contributed by atoms with Gasteiger partial charge in [-0.2, -0.15) is 10.4 Å². The van der Waals surface area contributed by atoms with Gasteiger partial charge < -0.3 is 20.3 Å². The lowest BCUT2D eigenvalue weighted by Crippen LogP contribution is -2.14. The Bertz CT molecular complexity index is 940. The number of carboxylic acids is 1. The number of carbonyl (C=O) groups is 2. The van der Waals surface area contributed by atoms with Gasteiger partial charge in [-0.15, -0.1) is 0 Å². The van der Waals surface area contributed by atoms with Crippen LogP contribution in [0.25, 0.3) is 17.3 Å². The van der Waals surface area contributed by atoms with Crippen LogP contribution in [0.15, 0.2) is 30.0 Å². The monoisotopic (exact) mass is 370 g/mol. The molecule has 0 radical (unpaired) electrons. The van der Waals surface area contributed by atoms with Crippen LogP contribution in [0.2, 0.25) is 0 Å². The number of aliphatic carboxylic acids is 1. The Kier molecular flexibility index (Phi) is 6.17. The van der Waals surface area contributed by atoms with Gasteiger partial charge in [0.2, 0.25) is 5.91 Å². The van der Waals surface area contributed by atoms with E-state index in [2.05, 4.69) is 5.10 Å². The van der Waals surface area contributed by atoms with E-state index in [1.807, 2.05) is 0 Å². The van der Waals surface area contributed by atoms with E-state index in [1.165, 1.54) is 25.0 Å². The molecule has 3 N–H and O–H groups in total. The molecule has 1 aromatic heterocycles. The van der Waals surface area contributed by atoms with E-state index in [1.54, 1.807) is 30.5 Å². The van der Waals surface area contributed by atoms with E-state index in [-0.39, 0.29) is 13.0 Å². The van der Waals surface area contributed by atoms with Crippen molar-refractivity contribution in [1.29, 1.82) is 5.26 Å². The maximum absolute atomic E-state index is 11.2.